The van der Waals surface area contributed by atoms with Crippen molar-refractivity contribution in [2.75, 3.05) is 0 Å². The number of benzene rings is 1. The minimum atomic E-state index is -0.926. The molecule has 0 spiro atoms. The van der Waals surface area contributed by atoms with Crippen molar-refractivity contribution in [2.45, 2.75) is 6.42 Å². The van der Waals surface area contributed by atoms with Gasteiger partial charge in [-0.3, -0.25) is 0 Å². The molecule has 0 radical (unpaired) electrons. The predicted octanol–water partition coefficient (Wildman–Crippen LogP) is 2.02. The molecule has 0 aliphatic rings. The SMILES string of the molecule is Cn1cc(Cc2ccc(O)cc2)cc1C(=O)O. The van der Waals surface area contributed by atoms with Crippen molar-refractivity contribution in [1.82, 2.24) is 4.57 Å². The molecule has 1 aromatic carbocycles. The first-order chi connectivity index (χ1) is 8.06. The summed E-state index contributed by atoms with van der Waals surface area (Å²) in [7, 11) is 1.71. The number of carboxylic acids is 1. The lowest BCUT2D eigenvalue weighted by Gasteiger charge is -1.98. The molecule has 2 N–H and O–H groups in total. The lowest BCUT2D eigenvalue weighted by Crippen LogP contribution is -2.02. The fraction of sp³-hybridized carbons (Fsp3) is 0.154. The zero-order valence-electron chi connectivity index (χ0n) is 9.42. The van der Waals surface area contributed by atoms with Gasteiger partial charge in [0, 0.05) is 13.2 Å². The molecule has 4 heteroatoms. The van der Waals surface area contributed by atoms with Gasteiger partial charge < -0.3 is 14.8 Å². The Morgan fingerprint density at radius 2 is 1.88 bits per heavy atom. The molecule has 0 aliphatic carbocycles. The summed E-state index contributed by atoms with van der Waals surface area (Å²) in [4.78, 5) is 10.9. The number of hydrogen-bond acceptors (Lipinski definition) is 2. The van der Waals surface area contributed by atoms with Gasteiger partial charge in [0.2, 0.25) is 0 Å². The number of phenols is 1. The van der Waals surface area contributed by atoms with E-state index in [2.05, 4.69) is 0 Å². The van der Waals surface area contributed by atoms with Gasteiger partial charge in [-0.1, -0.05) is 12.1 Å². The third-order valence-electron chi connectivity index (χ3n) is 2.63. The van der Waals surface area contributed by atoms with E-state index in [1.165, 1.54) is 0 Å². The Balaban J connectivity index is 2.22. The second kappa shape index (κ2) is 4.33. The number of rotatable bonds is 3. The van der Waals surface area contributed by atoms with E-state index in [1.54, 1.807) is 36.0 Å². The van der Waals surface area contributed by atoms with Gasteiger partial charge in [-0.05, 0) is 35.7 Å². The normalized spacial score (nSPS) is 10.4. The smallest absolute Gasteiger partial charge is 0.352 e. The summed E-state index contributed by atoms with van der Waals surface area (Å²) >= 11 is 0. The van der Waals surface area contributed by atoms with E-state index >= 15 is 0 Å². The van der Waals surface area contributed by atoms with Crippen molar-refractivity contribution in [3.8, 4) is 5.75 Å². The second-order valence-electron chi connectivity index (χ2n) is 3.99. The van der Waals surface area contributed by atoms with E-state index in [1.807, 2.05) is 12.1 Å². The number of nitrogens with zero attached hydrogens (tertiary/aromatic N) is 1. The standard InChI is InChI=1S/C13H13NO3/c1-14-8-10(7-12(14)13(16)17)6-9-2-4-11(15)5-3-9/h2-5,7-8,15H,6H2,1H3,(H,16,17). The van der Waals surface area contributed by atoms with Crippen LogP contribution in [0, 0.1) is 0 Å². The lowest BCUT2D eigenvalue weighted by atomic mass is 10.1. The summed E-state index contributed by atoms with van der Waals surface area (Å²) in [5, 5.41) is 18.1. The second-order valence-corrected chi connectivity index (χ2v) is 3.99. The third-order valence-corrected chi connectivity index (χ3v) is 2.63. The van der Waals surface area contributed by atoms with Crippen molar-refractivity contribution in [2.24, 2.45) is 7.05 Å². The molecule has 1 heterocycles. The maximum Gasteiger partial charge on any atom is 0.352 e. The number of phenolic OH excluding ortho intramolecular Hbond substituents is 1. The maximum atomic E-state index is 10.9. The number of aromatic nitrogens is 1. The number of aromatic carboxylic acids is 1. The van der Waals surface area contributed by atoms with Gasteiger partial charge in [0.15, 0.2) is 0 Å². The third kappa shape index (κ3) is 2.47. The Morgan fingerprint density at radius 3 is 2.41 bits per heavy atom. The maximum absolute atomic E-state index is 10.9. The summed E-state index contributed by atoms with van der Waals surface area (Å²) in [6, 6.07) is 8.55. The van der Waals surface area contributed by atoms with E-state index in [4.69, 9.17) is 10.2 Å². The van der Waals surface area contributed by atoms with Crippen LogP contribution in [0.5, 0.6) is 5.75 Å². The average molecular weight is 231 g/mol. The highest BCUT2D eigenvalue weighted by Crippen LogP contribution is 2.15. The first-order valence-corrected chi connectivity index (χ1v) is 5.22. The molecule has 0 unspecified atom stereocenters. The highest BCUT2D eigenvalue weighted by atomic mass is 16.4. The van der Waals surface area contributed by atoms with Crippen molar-refractivity contribution < 1.29 is 15.0 Å². The van der Waals surface area contributed by atoms with Crippen LogP contribution in [-0.2, 0) is 13.5 Å². The Hall–Kier alpha value is -2.23. The first-order valence-electron chi connectivity index (χ1n) is 5.22. The molecule has 0 saturated carbocycles. The van der Waals surface area contributed by atoms with E-state index < -0.39 is 5.97 Å². The zero-order valence-corrected chi connectivity index (χ0v) is 9.42. The van der Waals surface area contributed by atoms with Gasteiger partial charge >= 0.3 is 5.97 Å². The van der Waals surface area contributed by atoms with Crippen molar-refractivity contribution >= 4 is 5.97 Å². The molecule has 0 bridgehead atoms. The predicted molar refractivity (Wildman–Crippen MR) is 63.3 cm³/mol. The molecular weight excluding hydrogens is 218 g/mol. The Kier molecular flexibility index (Phi) is 2.87. The summed E-state index contributed by atoms with van der Waals surface area (Å²) in [6.45, 7) is 0. The zero-order chi connectivity index (χ0) is 12.4. The van der Waals surface area contributed by atoms with Crippen LogP contribution in [0.1, 0.15) is 21.6 Å². The summed E-state index contributed by atoms with van der Waals surface area (Å²) in [6.07, 6.45) is 2.46. The molecule has 0 atom stereocenters. The van der Waals surface area contributed by atoms with E-state index in [0.29, 0.717) is 6.42 Å². The molecule has 4 nitrogen and oxygen atoms in total. The number of aromatic hydroxyl groups is 1. The van der Waals surface area contributed by atoms with Crippen LogP contribution < -0.4 is 0 Å². The number of hydrogen-bond donors (Lipinski definition) is 2. The van der Waals surface area contributed by atoms with Crippen LogP contribution in [0.2, 0.25) is 0 Å². The van der Waals surface area contributed by atoms with Crippen LogP contribution in [0.3, 0.4) is 0 Å². The molecule has 1 aromatic heterocycles. The van der Waals surface area contributed by atoms with Crippen molar-refractivity contribution in [3.05, 3.63) is 53.3 Å². The van der Waals surface area contributed by atoms with Crippen LogP contribution in [0.15, 0.2) is 36.5 Å². The summed E-state index contributed by atoms with van der Waals surface area (Å²) in [5.41, 5.74) is 2.25. The van der Waals surface area contributed by atoms with Gasteiger partial charge in [-0.2, -0.15) is 0 Å². The average Bonchev–Trinajstić information content (AvgIpc) is 2.63. The number of aryl methyl sites for hydroxylation is 1. The highest BCUT2D eigenvalue weighted by Gasteiger charge is 2.09. The molecular formula is C13H13NO3. The van der Waals surface area contributed by atoms with Gasteiger partial charge in [-0.15, -0.1) is 0 Å². The van der Waals surface area contributed by atoms with Gasteiger partial charge in [0.05, 0.1) is 0 Å². The highest BCUT2D eigenvalue weighted by molar-refractivity contribution is 5.86. The van der Waals surface area contributed by atoms with Crippen LogP contribution in [0.25, 0.3) is 0 Å². The molecule has 0 aliphatic heterocycles. The van der Waals surface area contributed by atoms with Crippen LogP contribution in [-0.4, -0.2) is 20.7 Å². The van der Waals surface area contributed by atoms with Crippen molar-refractivity contribution in [3.63, 3.8) is 0 Å². The topological polar surface area (TPSA) is 62.5 Å². The largest absolute Gasteiger partial charge is 0.508 e. The number of carboxylic acid groups (broad SMARTS) is 1. The van der Waals surface area contributed by atoms with Crippen molar-refractivity contribution in [1.29, 1.82) is 0 Å². The molecule has 0 saturated heterocycles. The Bertz CT molecular complexity index is 540. The molecule has 17 heavy (non-hydrogen) atoms. The molecule has 0 fully saturated rings. The van der Waals surface area contributed by atoms with E-state index in [9.17, 15) is 4.79 Å². The molecule has 88 valence electrons. The van der Waals surface area contributed by atoms with E-state index in [0.717, 1.165) is 11.1 Å². The minimum Gasteiger partial charge on any atom is -0.508 e. The Labute approximate surface area is 98.8 Å². The summed E-state index contributed by atoms with van der Waals surface area (Å²) in [5.74, 6) is -0.697. The van der Waals surface area contributed by atoms with E-state index in [-0.39, 0.29) is 11.4 Å². The number of carbonyl (C=O) groups is 1. The molecule has 2 aromatic rings. The fourth-order valence-corrected chi connectivity index (χ4v) is 1.79. The monoisotopic (exact) mass is 231 g/mol. The quantitative estimate of drug-likeness (QED) is 0.849. The fourth-order valence-electron chi connectivity index (χ4n) is 1.79. The van der Waals surface area contributed by atoms with Crippen LogP contribution in [0.4, 0.5) is 0 Å². The lowest BCUT2D eigenvalue weighted by molar-refractivity contribution is 0.0686. The molecule has 2 rings (SSSR count). The first kappa shape index (κ1) is 11.3. The summed E-state index contributed by atoms with van der Waals surface area (Å²) < 4.78 is 1.60. The minimum absolute atomic E-state index is 0.230. The molecule has 0 amide bonds. The van der Waals surface area contributed by atoms with Gasteiger partial charge in [0.25, 0.3) is 0 Å². The Morgan fingerprint density at radius 1 is 1.24 bits per heavy atom. The van der Waals surface area contributed by atoms with Gasteiger partial charge in [-0.25, -0.2) is 4.79 Å². The van der Waals surface area contributed by atoms with Gasteiger partial charge in [0.1, 0.15) is 11.4 Å². The van der Waals surface area contributed by atoms with Crippen LogP contribution >= 0.6 is 0 Å².